The zero-order chi connectivity index (χ0) is 31.7. The van der Waals surface area contributed by atoms with Gasteiger partial charge in [0.05, 0.1) is 17.2 Å². The lowest BCUT2D eigenvalue weighted by Gasteiger charge is -2.42. The molecule has 9 nitrogen and oxygen atoms in total. The van der Waals surface area contributed by atoms with Gasteiger partial charge >= 0.3 is 0 Å². The summed E-state index contributed by atoms with van der Waals surface area (Å²) in [5.41, 5.74) is 6.37. The molecule has 6 rings (SSSR count). The molecule has 3 aliphatic rings. The van der Waals surface area contributed by atoms with Gasteiger partial charge in [0.2, 0.25) is 0 Å². The summed E-state index contributed by atoms with van der Waals surface area (Å²) in [5, 5.41) is 6.06. The Bertz CT molecular complexity index is 1610. The number of fused-ring (bicyclic) bond motifs is 1. The molecule has 3 amide bonds. The van der Waals surface area contributed by atoms with Crippen molar-refractivity contribution in [1.82, 2.24) is 25.0 Å². The molecule has 0 unspecified atom stereocenters. The highest BCUT2D eigenvalue weighted by Gasteiger charge is 2.31. The van der Waals surface area contributed by atoms with E-state index in [2.05, 4.69) is 32.5 Å². The van der Waals surface area contributed by atoms with Gasteiger partial charge in [-0.15, -0.1) is 0 Å². The van der Waals surface area contributed by atoms with Gasteiger partial charge in [-0.1, -0.05) is 37.3 Å². The fourth-order valence-electron chi connectivity index (χ4n) is 6.98. The lowest BCUT2D eigenvalue weighted by Crippen LogP contribution is -2.53. The quantitative estimate of drug-likeness (QED) is 0.333. The highest BCUT2D eigenvalue weighted by Crippen LogP contribution is 2.35. The van der Waals surface area contributed by atoms with E-state index in [-0.39, 0.29) is 23.8 Å². The second-order valence-corrected chi connectivity index (χ2v) is 12.6. The first kappa shape index (κ1) is 30.8. The molecule has 1 aromatic heterocycles. The maximum atomic E-state index is 13.8. The lowest BCUT2D eigenvalue weighted by molar-refractivity contribution is -0.110. The summed E-state index contributed by atoms with van der Waals surface area (Å²) in [6.45, 7) is 11.8. The lowest BCUT2D eigenvalue weighted by atomic mass is 9.99. The molecule has 45 heavy (non-hydrogen) atoms. The third-order valence-corrected chi connectivity index (χ3v) is 9.76. The Kier molecular flexibility index (Phi) is 8.92. The normalized spacial score (nSPS) is 19.4. The topological polar surface area (TPSA) is 101 Å². The van der Waals surface area contributed by atoms with E-state index >= 15 is 0 Å². The summed E-state index contributed by atoms with van der Waals surface area (Å²) in [6, 6.07) is 15.6. The van der Waals surface area contributed by atoms with Gasteiger partial charge in [-0.2, -0.15) is 0 Å². The molecule has 0 bridgehead atoms. The molecule has 236 valence electrons. The third-order valence-electron chi connectivity index (χ3n) is 9.76. The van der Waals surface area contributed by atoms with E-state index in [4.69, 9.17) is 0 Å². The maximum absolute atomic E-state index is 13.8. The molecular formula is C36H44N6O3. The van der Waals surface area contributed by atoms with Crippen molar-refractivity contribution < 1.29 is 14.4 Å². The average Bonchev–Trinajstić information content (AvgIpc) is 3.52. The zero-order valence-electron chi connectivity index (χ0n) is 26.8. The zero-order valence-corrected chi connectivity index (χ0v) is 26.8. The van der Waals surface area contributed by atoms with Gasteiger partial charge in [-0.3, -0.25) is 19.3 Å². The summed E-state index contributed by atoms with van der Waals surface area (Å²) < 4.78 is 0. The molecular weight excluding hydrogens is 564 g/mol. The van der Waals surface area contributed by atoms with Gasteiger partial charge in [-0.25, -0.2) is 0 Å². The van der Waals surface area contributed by atoms with Crippen LogP contribution in [0.2, 0.25) is 0 Å². The van der Waals surface area contributed by atoms with Crippen molar-refractivity contribution in [1.29, 1.82) is 0 Å². The van der Waals surface area contributed by atoms with E-state index in [1.54, 1.807) is 24.3 Å². The molecule has 3 aromatic rings. The molecule has 9 heteroatoms. The minimum Gasteiger partial charge on any atom is -0.358 e. The number of carbonyl (C=O) groups is 3. The van der Waals surface area contributed by atoms with E-state index in [1.165, 1.54) is 0 Å². The number of aryl methyl sites for hydroxylation is 1. The van der Waals surface area contributed by atoms with Crippen LogP contribution < -0.4 is 10.6 Å². The number of hydrogen-bond donors (Lipinski definition) is 3. The molecule has 0 radical (unpaired) electrons. The standard InChI is InChI=1S/C36H44N6O3/c1-5-30(25-9-7-6-8-10-25)38-34(43)26-11-12-31-28(21-26)29(35(44)39-31)22-32-23(2)33(24(3)37-32)36(45)42-15-13-27(14-16-42)41-19-17-40(4)18-20-41/h6-12,21-22,27,30,37H,5,13-20H2,1-4H3,(H,38,43)(H,39,44)/t30-/m0/s1. The third kappa shape index (κ3) is 6.32. The van der Waals surface area contributed by atoms with E-state index in [0.717, 1.165) is 81.0 Å². The van der Waals surface area contributed by atoms with Crippen LogP contribution >= 0.6 is 0 Å². The number of amides is 3. The monoisotopic (exact) mass is 608 g/mol. The number of H-pyrrole nitrogens is 1. The van der Waals surface area contributed by atoms with Gasteiger partial charge in [0.1, 0.15) is 0 Å². The summed E-state index contributed by atoms with van der Waals surface area (Å²) in [6.07, 6.45) is 4.55. The molecule has 2 aromatic carbocycles. The SMILES string of the molecule is CC[C@H](NC(=O)c1ccc2c(c1)C(=Cc1[nH]c(C)c(C(=O)N3CCC(N4CCN(C)CC4)CC3)c1C)C(=O)N2)c1ccccc1. The number of piperazine rings is 1. The Morgan fingerprint density at radius 3 is 2.40 bits per heavy atom. The fourth-order valence-corrected chi connectivity index (χ4v) is 6.98. The number of rotatable bonds is 7. The highest BCUT2D eigenvalue weighted by molar-refractivity contribution is 6.35. The number of piperidine rings is 1. The number of aromatic nitrogens is 1. The second-order valence-electron chi connectivity index (χ2n) is 12.6. The summed E-state index contributed by atoms with van der Waals surface area (Å²) in [4.78, 5) is 50.5. The van der Waals surface area contributed by atoms with E-state index < -0.39 is 0 Å². The Morgan fingerprint density at radius 2 is 1.71 bits per heavy atom. The van der Waals surface area contributed by atoms with Gasteiger partial charge in [0.25, 0.3) is 17.7 Å². The number of carbonyl (C=O) groups excluding carboxylic acids is 3. The van der Waals surface area contributed by atoms with Crippen molar-refractivity contribution >= 4 is 35.1 Å². The van der Waals surface area contributed by atoms with Gasteiger partial charge in [0.15, 0.2) is 0 Å². The fraction of sp³-hybridized carbons (Fsp3) is 0.417. The van der Waals surface area contributed by atoms with E-state index in [0.29, 0.717) is 34.0 Å². The Morgan fingerprint density at radius 1 is 1.00 bits per heavy atom. The van der Waals surface area contributed by atoms with Gasteiger partial charge in [-0.05, 0) is 75.6 Å². The molecule has 0 aliphatic carbocycles. The largest absolute Gasteiger partial charge is 0.358 e. The van der Waals surface area contributed by atoms with Crippen LogP contribution in [0.1, 0.15) is 81.0 Å². The first-order valence-corrected chi connectivity index (χ1v) is 16.2. The molecule has 0 spiro atoms. The molecule has 0 saturated carbocycles. The van der Waals surface area contributed by atoms with Gasteiger partial charge in [0, 0.05) is 73.5 Å². The summed E-state index contributed by atoms with van der Waals surface area (Å²) in [5.74, 6) is -0.381. The Labute approximate surface area is 265 Å². The molecule has 2 fully saturated rings. The van der Waals surface area contributed by atoms with Crippen molar-refractivity contribution in [2.24, 2.45) is 0 Å². The molecule has 4 heterocycles. The van der Waals surface area contributed by atoms with E-state index in [9.17, 15) is 14.4 Å². The maximum Gasteiger partial charge on any atom is 0.256 e. The molecule has 1 atom stereocenters. The molecule has 3 N–H and O–H groups in total. The Hall–Kier alpha value is -4.21. The molecule has 3 aliphatic heterocycles. The van der Waals surface area contributed by atoms with Crippen LogP contribution in [0.4, 0.5) is 5.69 Å². The Balaban J connectivity index is 1.18. The number of nitrogens with zero attached hydrogens (tertiary/aromatic N) is 3. The predicted octanol–water partition coefficient (Wildman–Crippen LogP) is 4.86. The van der Waals surface area contributed by atoms with Crippen molar-refractivity contribution in [3.8, 4) is 0 Å². The van der Waals surface area contributed by atoms with Crippen LogP contribution in [0.15, 0.2) is 48.5 Å². The number of hydrogen-bond acceptors (Lipinski definition) is 5. The van der Waals surface area contributed by atoms with Crippen LogP contribution in [0.3, 0.4) is 0 Å². The minimum atomic E-state index is -0.233. The number of aromatic amines is 1. The first-order valence-electron chi connectivity index (χ1n) is 16.2. The van der Waals surface area contributed by atoms with Crippen molar-refractivity contribution in [3.63, 3.8) is 0 Å². The number of benzene rings is 2. The summed E-state index contributed by atoms with van der Waals surface area (Å²) in [7, 11) is 2.17. The van der Waals surface area contributed by atoms with Crippen LogP contribution in [0.5, 0.6) is 0 Å². The van der Waals surface area contributed by atoms with Crippen LogP contribution in [-0.2, 0) is 4.79 Å². The minimum absolute atomic E-state index is 0.0434. The highest BCUT2D eigenvalue weighted by atomic mass is 16.2. The van der Waals surface area contributed by atoms with Crippen LogP contribution in [-0.4, -0.2) is 89.8 Å². The van der Waals surface area contributed by atoms with Crippen LogP contribution in [0, 0.1) is 13.8 Å². The number of anilines is 1. The number of likely N-dealkylation sites (tertiary alicyclic amines) is 1. The predicted molar refractivity (Wildman–Crippen MR) is 178 cm³/mol. The first-order chi connectivity index (χ1) is 21.7. The molecule has 2 saturated heterocycles. The van der Waals surface area contributed by atoms with Crippen molar-refractivity contribution in [3.05, 3.63) is 87.7 Å². The van der Waals surface area contributed by atoms with Gasteiger partial charge < -0.3 is 25.4 Å². The smallest absolute Gasteiger partial charge is 0.256 e. The number of nitrogens with one attached hydrogen (secondary N) is 3. The van der Waals surface area contributed by atoms with Crippen molar-refractivity contribution in [2.75, 3.05) is 51.6 Å². The van der Waals surface area contributed by atoms with Crippen molar-refractivity contribution in [2.45, 2.75) is 52.1 Å². The summed E-state index contributed by atoms with van der Waals surface area (Å²) >= 11 is 0. The van der Waals surface area contributed by atoms with Crippen LogP contribution in [0.25, 0.3) is 11.6 Å². The second kappa shape index (κ2) is 13.0. The number of likely N-dealkylation sites (N-methyl/N-ethyl adjacent to an activating group) is 1. The van der Waals surface area contributed by atoms with E-state index in [1.807, 2.05) is 56.0 Å². The average molecular weight is 609 g/mol.